The van der Waals surface area contributed by atoms with Gasteiger partial charge in [-0.05, 0) is 37.5 Å². The predicted molar refractivity (Wildman–Crippen MR) is 96.2 cm³/mol. The molecule has 4 nitrogen and oxygen atoms in total. The zero-order valence-electron chi connectivity index (χ0n) is 13.6. The van der Waals surface area contributed by atoms with Crippen LogP contribution in [0.2, 0.25) is 5.02 Å². The summed E-state index contributed by atoms with van der Waals surface area (Å²) in [6.45, 7) is 1.89. The molecule has 0 spiro atoms. The topological polar surface area (TPSA) is 58.2 Å². The van der Waals surface area contributed by atoms with Gasteiger partial charge in [-0.25, -0.2) is 0 Å². The molecular weight excluding hydrogens is 324 g/mol. The number of rotatable bonds is 7. The minimum absolute atomic E-state index is 0.0370. The van der Waals surface area contributed by atoms with Crippen LogP contribution in [0.4, 0.5) is 0 Å². The first kappa shape index (κ1) is 18.0. The Morgan fingerprint density at radius 1 is 1.04 bits per heavy atom. The lowest BCUT2D eigenvalue weighted by Gasteiger charge is -2.14. The van der Waals surface area contributed by atoms with E-state index in [9.17, 15) is 9.59 Å². The van der Waals surface area contributed by atoms with Gasteiger partial charge < -0.3 is 10.6 Å². The molecule has 0 heterocycles. The lowest BCUT2D eigenvalue weighted by Crippen LogP contribution is -2.41. The van der Waals surface area contributed by atoms with E-state index in [1.165, 1.54) is 5.56 Å². The zero-order valence-corrected chi connectivity index (χ0v) is 14.3. The van der Waals surface area contributed by atoms with Crippen molar-refractivity contribution >= 4 is 23.4 Å². The highest BCUT2D eigenvalue weighted by atomic mass is 35.5. The van der Waals surface area contributed by atoms with Gasteiger partial charge in [0.05, 0.1) is 17.1 Å². The minimum atomic E-state index is -0.354. The molecular formula is C19H21ClN2O2. The number of hydrogen-bond acceptors (Lipinski definition) is 2. The molecule has 2 aromatic rings. The lowest BCUT2D eigenvalue weighted by molar-refractivity contribution is -0.120. The van der Waals surface area contributed by atoms with Gasteiger partial charge in [-0.1, -0.05) is 54.1 Å². The number of nitrogens with one attached hydrogen (secondary N) is 2. The number of halogens is 1. The molecule has 24 heavy (non-hydrogen) atoms. The van der Waals surface area contributed by atoms with Crippen LogP contribution in [0, 0.1) is 0 Å². The Balaban J connectivity index is 1.72. The predicted octanol–water partition coefficient (Wildman–Crippen LogP) is 3.21. The smallest absolute Gasteiger partial charge is 0.253 e. The average Bonchev–Trinajstić information content (AvgIpc) is 2.59. The molecule has 0 fully saturated rings. The van der Waals surface area contributed by atoms with E-state index in [1.54, 1.807) is 24.3 Å². The minimum Gasteiger partial charge on any atom is -0.352 e. The van der Waals surface area contributed by atoms with Crippen LogP contribution in [0.15, 0.2) is 54.6 Å². The molecule has 126 valence electrons. The van der Waals surface area contributed by atoms with Crippen LogP contribution in [-0.2, 0) is 11.2 Å². The third-order valence-corrected chi connectivity index (χ3v) is 3.97. The molecule has 2 rings (SSSR count). The van der Waals surface area contributed by atoms with Gasteiger partial charge in [0.2, 0.25) is 5.91 Å². The SMILES string of the molecule is CC(CCc1ccccc1)NC(=O)CNC(=O)c1ccccc1Cl. The van der Waals surface area contributed by atoms with Gasteiger partial charge in [0.25, 0.3) is 5.91 Å². The van der Waals surface area contributed by atoms with Crippen LogP contribution in [0.1, 0.15) is 29.3 Å². The number of carbonyl (C=O) groups is 2. The number of amides is 2. The summed E-state index contributed by atoms with van der Waals surface area (Å²) in [6.07, 6.45) is 1.74. The number of benzene rings is 2. The standard InChI is InChI=1S/C19H21ClN2O2/c1-14(11-12-15-7-3-2-4-8-15)22-18(23)13-21-19(24)16-9-5-6-10-17(16)20/h2-10,14H,11-13H2,1H3,(H,21,24)(H,22,23). The largest absolute Gasteiger partial charge is 0.352 e. The van der Waals surface area contributed by atoms with Crippen molar-refractivity contribution < 1.29 is 9.59 Å². The van der Waals surface area contributed by atoms with E-state index >= 15 is 0 Å². The Labute approximate surface area is 147 Å². The van der Waals surface area contributed by atoms with E-state index in [0.29, 0.717) is 10.6 Å². The Morgan fingerprint density at radius 2 is 1.71 bits per heavy atom. The summed E-state index contributed by atoms with van der Waals surface area (Å²) < 4.78 is 0. The summed E-state index contributed by atoms with van der Waals surface area (Å²) >= 11 is 5.96. The summed E-state index contributed by atoms with van der Waals surface area (Å²) in [4.78, 5) is 23.9. The van der Waals surface area contributed by atoms with E-state index in [4.69, 9.17) is 11.6 Å². The normalized spacial score (nSPS) is 11.6. The van der Waals surface area contributed by atoms with Crippen LogP contribution < -0.4 is 10.6 Å². The fourth-order valence-electron chi connectivity index (χ4n) is 2.33. The van der Waals surface area contributed by atoms with Crippen molar-refractivity contribution in [1.29, 1.82) is 0 Å². The van der Waals surface area contributed by atoms with Crippen LogP contribution in [0.25, 0.3) is 0 Å². The highest BCUT2D eigenvalue weighted by Gasteiger charge is 2.12. The average molecular weight is 345 g/mol. The molecule has 5 heteroatoms. The summed E-state index contributed by atoms with van der Waals surface area (Å²) in [5.74, 6) is -0.566. The maximum Gasteiger partial charge on any atom is 0.253 e. The second kappa shape index (κ2) is 9.08. The van der Waals surface area contributed by atoms with Crippen LogP contribution >= 0.6 is 11.6 Å². The second-order valence-corrected chi connectivity index (χ2v) is 6.06. The monoisotopic (exact) mass is 344 g/mol. The first-order valence-corrected chi connectivity index (χ1v) is 8.30. The summed E-state index contributed by atoms with van der Waals surface area (Å²) in [5, 5.41) is 5.84. The molecule has 0 aromatic heterocycles. The number of hydrogen-bond donors (Lipinski definition) is 2. The third-order valence-electron chi connectivity index (χ3n) is 3.64. The molecule has 0 radical (unpaired) electrons. The summed E-state index contributed by atoms with van der Waals surface area (Å²) in [6, 6.07) is 16.9. The second-order valence-electron chi connectivity index (χ2n) is 5.66. The molecule has 0 aliphatic rings. The van der Waals surface area contributed by atoms with Crippen molar-refractivity contribution in [3.63, 3.8) is 0 Å². The van der Waals surface area contributed by atoms with E-state index < -0.39 is 0 Å². The molecule has 0 saturated heterocycles. The van der Waals surface area contributed by atoms with Gasteiger partial charge in [-0.2, -0.15) is 0 Å². The Hall–Kier alpha value is -2.33. The molecule has 2 N–H and O–H groups in total. The van der Waals surface area contributed by atoms with E-state index in [-0.39, 0.29) is 24.4 Å². The van der Waals surface area contributed by atoms with Crippen molar-refractivity contribution in [1.82, 2.24) is 10.6 Å². The molecule has 0 saturated carbocycles. The van der Waals surface area contributed by atoms with E-state index in [2.05, 4.69) is 22.8 Å². The lowest BCUT2D eigenvalue weighted by atomic mass is 10.1. The number of aryl methyl sites for hydroxylation is 1. The highest BCUT2D eigenvalue weighted by molar-refractivity contribution is 6.33. The fraction of sp³-hybridized carbons (Fsp3) is 0.263. The van der Waals surface area contributed by atoms with Crippen LogP contribution in [-0.4, -0.2) is 24.4 Å². The molecule has 0 aliphatic heterocycles. The number of carbonyl (C=O) groups excluding carboxylic acids is 2. The Kier molecular flexibility index (Phi) is 6.82. The zero-order chi connectivity index (χ0) is 17.4. The van der Waals surface area contributed by atoms with Crippen LogP contribution in [0.3, 0.4) is 0 Å². The maximum atomic E-state index is 12.0. The van der Waals surface area contributed by atoms with Gasteiger partial charge >= 0.3 is 0 Å². The molecule has 2 amide bonds. The van der Waals surface area contributed by atoms with E-state index in [0.717, 1.165) is 12.8 Å². The first-order chi connectivity index (χ1) is 11.6. The van der Waals surface area contributed by atoms with Crippen molar-refractivity contribution in [2.24, 2.45) is 0 Å². The molecule has 0 bridgehead atoms. The van der Waals surface area contributed by atoms with Gasteiger partial charge in [0.1, 0.15) is 0 Å². The Bertz CT molecular complexity index is 689. The van der Waals surface area contributed by atoms with Crippen LogP contribution in [0.5, 0.6) is 0 Å². The van der Waals surface area contributed by atoms with Gasteiger partial charge in [0.15, 0.2) is 0 Å². The molecule has 1 atom stereocenters. The molecule has 0 aliphatic carbocycles. The van der Waals surface area contributed by atoms with Gasteiger partial charge in [-0.3, -0.25) is 9.59 Å². The molecule has 1 unspecified atom stereocenters. The van der Waals surface area contributed by atoms with E-state index in [1.807, 2.05) is 25.1 Å². The van der Waals surface area contributed by atoms with Crippen molar-refractivity contribution in [2.75, 3.05) is 6.54 Å². The van der Waals surface area contributed by atoms with Gasteiger partial charge in [-0.15, -0.1) is 0 Å². The summed E-state index contributed by atoms with van der Waals surface area (Å²) in [7, 11) is 0. The van der Waals surface area contributed by atoms with Crippen molar-refractivity contribution in [3.8, 4) is 0 Å². The van der Waals surface area contributed by atoms with Crippen molar-refractivity contribution in [2.45, 2.75) is 25.8 Å². The third kappa shape index (κ3) is 5.70. The molecule has 2 aromatic carbocycles. The first-order valence-electron chi connectivity index (χ1n) is 7.92. The summed E-state index contributed by atoms with van der Waals surface area (Å²) in [5.41, 5.74) is 1.61. The maximum absolute atomic E-state index is 12.0. The van der Waals surface area contributed by atoms with Crippen molar-refractivity contribution in [3.05, 3.63) is 70.7 Å². The van der Waals surface area contributed by atoms with Gasteiger partial charge in [0, 0.05) is 6.04 Å². The quantitative estimate of drug-likeness (QED) is 0.810. The Morgan fingerprint density at radius 3 is 2.42 bits per heavy atom. The fourth-order valence-corrected chi connectivity index (χ4v) is 2.55. The highest BCUT2D eigenvalue weighted by Crippen LogP contribution is 2.14.